The Hall–Kier alpha value is -3.91. The Labute approximate surface area is 198 Å². The molecule has 6 N–H and O–H groups in total. The topological polar surface area (TPSA) is 156 Å². The lowest BCUT2D eigenvalue weighted by atomic mass is 10.1. The molecule has 0 saturated carbocycles. The Bertz CT molecular complexity index is 1050. The molecule has 0 radical (unpaired) electrons. The van der Waals surface area contributed by atoms with Gasteiger partial charge in [-0.25, -0.2) is 15.0 Å². The summed E-state index contributed by atoms with van der Waals surface area (Å²) in [5, 5.41) is 12.4. The molecule has 2 amide bonds. The maximum Gasteiger partial charge on any atom is 0.295 e. The van der Waals surface area contributed by atoms with Gasteiger partial charge < -0.3 is 31.7 Å². The van der Waals surface area contributed by atoms with Gasteiger partial charge in [0.25, 0.3) is 11.8 Å². The second-order valence-corrected chi connectivity index (χ2v) is 7.70. The minimum absolute atomic E-state index is 0.0740. The van der Waals surface area contributed by atoms with E-state index in [1.165, 1.54) is 0 Å². The Kier molecular flexibility index (Phi) is 8.99. The van der Waals surface area contributed by atoms with Crippen molar-refractivity contribution in [2.24, 2.45) is 5.73 Å². The van der Waals surface area contributed by atoms with E-state index in [4.69, 9.17) is 16.9 Å². The number of aryl methyl sites for hydroxylation is 1. The molecule has 0 unspecified atom stereocenters. The molecular weight excluding hydrogens is 436 g/mol. The summed E-state index contributed by atoms with van der Waals surface area (Å²) in [5.74, 6) is 2.43. The summed E-state index contributed by atoms with van der Waals surface area (Å²) in [6.07, 6.45) is 9.66. The van der Waals surface area contributed by atoms with Crippen molar-refractivity contribution in [2.75, 3.05) is 42.3 Å². The highest BCUT2D eigenvalue weighted by atomic mass is 16.5. The number of hydrogen-bond donors (Lipinski definition) is 5. The molecule has 1 fully saturated rings. The molecule has 11 heteroatoms. The zero-order valence-corrected chi connectivity index (χ0v) is 19.2. The van der Waals surface area contributed by atoms with Crippen molar-refractivity contribution in [1.82, 2.24) is 20.3 Å². The van der Waals surface area contributed by atoms with Crippen molar-refractivity contribution in [2.45, 2.75) is 38.6 Å². The third-order valence-corrected chi connectivity index (χ3v) is 5.20. The van der Waals surface area contributed by atoms with Crippen LogP contribution in [0.25, 0.3) is 0 Å². The minimum Gasteiger partial charge on any atom is -0.381 e. The number of ether oxygens (including phenoxy) is 1. The fourth-order valence-electron chi connectivity index (χ4n) is 3.43. The molecule has 180 valence electrons. The number of carbonyl (C=O) groups excluding carboxylic acids is 2. The van der Waals surface area contributed by atoms with Crippen LogP contribution in [0.2, 0.25) is 0 Å². The zero-order valence-electron chi connectivity index (χ0n) is 19.2. The maximum atomic E-state index is 12.1. The molecule has 3 heterocycles. The van der Waals surface area contributed by atoms with Gasteiger partial charge in [-0.2, -0.15) is 0 Å². The molecule has 2 aromatic heterocycles. The maximum absolute atomic E-state index is 12.1. The molecule has 0 aromatic carbocycles. The summed E-state index contributed by atoms with van der Waals surface area (Å²) < 4.78 is 5.43. The third kappa shape index (κ3) is 7.05. The van der Waals surface area contributed by atoms with Gasteiger partial charge in [0, 0.05) is 50.3 Å². The first-order valence-corrected chi connectivity index (χ1v) is 11.3. The number of carbonyl (C=O) groups is 2. The van der Waals surface area contributed by atoms with Crippen molar-refractivity contribution in [3.8, 4) is 12.3 Å². The van der Waals surface area contributed by atoms with E-state index in [1.807, 2.05) is 12.8 Å². The number of nitrogens with zero attached hydrogens (tertiary/aromatic N) is 3. The van der Waals surface area contributed by atoms with Gasteiger partial charge in [-0.1, -0.05) is 6.92 Å². The van der Waals surface area contributed by atoms with Crippen molar-refractivity contribution in [3.05, 3.63) is 29.7 Å². The number of nitrogens with two attached hydrogens (primary N) is 1. The highest BCUT2D eigenvalue weighted by molar-refractivity contribution is 5.96. The molecule has 2 aromatic rings. The number of anilines is 4. The van der Waals surface area contributed by atoms with Gasteiger partial charge >= 0.3 is 0 Å². The number of rotatable bonds is 11. The fraction of sp³-hybridized carbons (Fsp3) is 0.435. The average molecular weight is 467 g/mol. The summed E-state index contributed by atoms with van der Waals surface area (Å²) in [7, 11) is 0. The summed E-state index contributed by atoms with van der Waals surface area (Å²) in [6.45, 7) is 4.38. The first-order chi connectivity index (χ1) is 16.5. The van der Waals surface area contributed by atoms with Crippen LogP contribution in [0.4, 0.5) is 23.1 Å². The molecule has 0 bridgehead atoms. The van der Waals surface area contributed by atoms with Crippen LogP contribution >= 0.6 is 0 Å². The normalized spacial score (nSPS) is 13.5. The van der Waals surface area contributed by atoms with Gasteiger partial charge in [0.2, 0.25) is 0 Å². The largest absolute Gasteiger partial charge is 0.381 e. The van der Waals surface area contributed by atoms with Gasteiger partial charge in [0.15, 0.2) is 17.3 Å². The van der Waals surface area contributed by atoms with Crippen LogP contribution in [0.1, 0.15) is 42.4 Å². The second-order valence-electron chi connectivity index (χ2n) is 7.70. The van der Waals surface area contributed by atoms with Crippen LogP contribution in [0.15, 0.2) is 18.3 Å². The fourth-order valence-corrected chi connectivity index (χ4v) is 3.43. The van der Waals surface area contributed by atoms with E-state index in [2.05, 4.69) is 36.2 Å². The smallest absolute Gasteiger partial charge is 0.295 e. The molecule has 11 nitrogen and oxygen atoms in total. The van der Waals surface area contributed by atoms with Crippen molar-refractivity contribution in [3.63, 3.8) is 0 Å². The molecule has 0 spiro atoms. The Morgan fingerprint density at radius 1 is 1.24 bits per heavy atom. The second kappa shape index (κ2) is 12.4. The van der Waals surface area contributed by atoms with Crippen molar-refractivity contribution >= 4 is 35.0 Å². The van der Waals surface area contributed by atoms with Crippen LogP contribution in [0.5, 0.6) is 0 Å². The SMILES string of the molecule is C#CC(=O)NCCCNc1cc(Nc2nc(NC3CCOCC3)c(CC)nc2C(N)=O)ccn1. The van der Waals surface area contributed by atoms with E-state index in [9.17, 15) is 9.59 Å². The van der Waals surface area contributed by atoms with Gasteiger partial charge in [0.05, 0.1) is 5.69 Å². The van der Waals surface area contributed by atoms with Crippen LogP contribution in [0, 0.1) is 12.3 Å². The van der Waals surface area contributed by atoms with E-state index in [1.54, 1.807) is 18.3 Å². The Morgan fingerprint density at radius 2 is 2.03 bits per heavy atom. The van der Waals surface area contributed by atoms with Crippen LogP contribution in [-0.2, 0) is 16.0 Å². The van der Waals surface area contributed by atoms with E-state index in [0.717, 1.165) is 12.8 Å². The minimum atomic E-state index is -0.663. The first kappa shape index (κ1) is 24.7. The van der Waals surface area contributed by atoms with Gasteiger partial charge in [-0.3, -0.25) is 9.59 Å². The standard InChI is InChI=1S/C23H30N8O3/c1-3-17-22(28-15-7-12-34-13-8-15)31-23(20(30-17)21(24)33)29-16-6-11-26-18(14-16)25-9-5-10-27-19(32)4-2/h2,6,11,14-15H,3,5,7-10,12-13H2,1H3,(H2,24,33)(H,27,32)(H3,25,26,28,29,31). The predicted molar refractivity (Wildman–Crippen MR) is 130 cm³/mol. The summed E-state index contributed by atoms with van der Waals surface area (Å²) >= 11 is 0. The number of hydrogen-bond acceptors (Lipinski definition) is 9. The predicted octanol–water partition coefficient (Wildman–Crippen LogP) is 1.42. The zero-order chi connectivity index (χ0) is 24.3. The van der Waals surface area contributed by atoms with Crippen molar-refractivity contribution in [1.29, 1.82) is 0 Å². The summed E-state index contributed by atoms with van der Waals surface area (Å²) in [6, 6.07) is 3.76. The molecule has 0 atom stereocenters. The van der Waals surface area contributed by atoms with Crippen LogP contribution in [-0.4, -0.2) is 59.1 Å². The lowest BCUT2D eigenvalue weighted by Crippen LogP contribution is -2.29. The van der Waals surface area contributed by atoms with Crippen molar-refractivity contribution < 1.29 is 14.3 Å². The molecule has 34 heavy (non-hydrogen) atoms. The number of amides is 2. The number of pyridine rings is 1. The highest BCUT2D eigenvalue weighted by Gasteiger charge is 2.20. The first-order valence-electron chi connectivity index (χ1n) is 11.3. The molecule has 1 aliphatic rings. The quantitative estimate of drug-likeness (QED) is 0.244. The van der Waals surface area contributed by atoms with Gasteiger partial charge in [-0.15, -0.1) is 6.42 Å². The van der Waals surface area contributed by atoms with Gasteiger partial charge in [-0.05, 0) is 37.7 Å². The Balaban J connectivity index is 1.72. The van der Waals surface area contributed by atoms with Crippen LogP contribution < -0.4 is 27.0 Å². The molecule has 3 rings (SSSR count). The van der Waals surface area contributed by atoms with Crippen LogP contribution in [0.3, 0.4) is 0 Å². The summed E-state index contributed by atoms with van der Waals surface area (Å²) in [5.41, 5.74) is 7.01. The number of aromatic nitrogens is 3. The van der Waals surface area contributed by atoms with E-state index < -0.39 is 11.8 Å². The Morgan fingerprint density at radius 3 is 2.74 bits per heavy atom. The highest BCUT2D eigenvalue weighted by Crippen LogP contribution is 2.25. The van der Waals surface area contributed by atoms with E-state index >= 15 is 0 Å². The average Bonchev–Trinajstić information content (AvgIpc) is 2.84. The lowest BCUT2D eigenvalue weighted by molar-refractivity contribution is -0.115. The lowest BCUT2D eigenvalue weighted by Gasteiger charge is -2.25. The third-order valence-electron chi connectivity index (χ3n) is 5.20. The van der Waals surface area contributed by atoms with Gasteiger partial charge in [0.1, 0.15) is 5.82 Å². The monoisotopic (exact) mass is 466 g/mol. The molecular formula is C23H30N8O3. The number of terminal acetylenes is 1. The van der Waals surface area contributed by atoms with E-state index in [-0.39, 0.29) is 17.6 Å². The summed E-state index contributed by atoms with van der Waals surface area (Å²) in [4.78, 5) is 36.6. The number of primary amides is 1. The van der Waals surface area contributed by atoms with E-state index in [0.29, 0.717) is 62.2 Å². The molecule has 0 aliphatic carbocycles. The molecule has 1 aliphatic heterocycles. The molecule has 1 saturated heterocycles. The number of nitrogens with one attached hydrogen (secondary N) is 4.